The molecule has 1 rings (SSSR count). The zero-order valence-electron chi connectivity index (χ0n) is 6.81. The van der Waals surface area contributed by atoms with Gasteiger partial charge in [-0.3, -0.25) is 4.90 Å². The minimum absolute atomic E-state index is 0.748. The lowest BCUT2D eigenvalue weighted by Crippen LogP contribution is -2.40. The minimum atomic E-state index is 0.748. The van der Waals surface area contributed by atoms with Gasteiger partial charge in [-0.15, -0.1) is 0 Å². The highest BCUT2D eigenvalue weighted by Gasteiger charge is 2.18. The van der Waals surface area contributed by atoms with Crippen LogP contribution in [0.15, 0.2) is 0 Å². The number of piperidine rings is 1. The highest BCUT2D eigenvalue weighted by Crippen LogP contribution is 2.18. The first kappa shape index (κ1) is 8.78. The Kier molecular flexibility index (Phi) is 3.43. The summed E-state index contributed by atoms with van der Waals surface area (Å²) in [6.45, 7) is 7.19. The average molecular weight is 253 g/mol. The molecule has 0 bridgehead atoms. The maximum Gasteiger partial charge on any atom is 0.0238 e. The highest BCUT2D eigenvalue weighted by molar-refractivity contribution is 14.1. The van der Waals surface area contributed by atoms with Gasteiger partial charge in [0.2, 0.25) is 0 Å². The zero-order valence-corrected chi connectivity index (χ0v) is 8.97. The van der Waals surface area contributed by atoms with Crippen molar-refractivity contribution >= 4 is 22.6 Å². The summed E-state index contributed by atoms with van der Waals surface area (Å²) in [5.74, 6) is 0. The van der Waals surface area contributed by atoms with Gasteiger partial charge in [0.25, 0.3) is 0 Å². The predicted octanol–water partition coefficient (Wildman–Crippen LogP) is 2.29. The minimum Gasteiger partial charge on any atom is -0.300 e. The molecule has 0 N–H and O–H groups in total. The SMILES string of the molecule is CC(C)N1CCCC(I)C1. The van der Waals surface area contributed by atoms with Gasteiger partial charge in [0.15, 0.2) is 0 Å². The zero-order chi connectivity index (χ0) is 7.56. The van der Waals surface area contributed by atoms with Gasteiger partial charge in [-0.2, -0.15) is 0 Å². The van der Waals surface area contributed by atoms with E-state index in [9.17, 15) is 0 Å². The topological polar surface area (TPSA) is 3.24 Å². The molecule has 1 fully saturated rings. The molecular formula is C8H16IN. The van der Waals surface area contributed by atoms with Crippen LogP contribution in [-0.2, 0) is 0 Å². The quantitative estimate of drug-likeness (QED) is 0.512. The van der Waals surface area contributed by atoms with E-state index in [1.54, 1.807) is 0 Å². The molecule has 0 saturated carbocycles. The van der Waals surface area contributed by atoms with Crippen LogP contribution in [0.5, 0.6) is 0 Å². The largest absolute Gasteiger partial charge is 0.300 e. The maximum absolute atomic E-state index is 2.57. The first-order valence-electron chi connectivity index (χ1n) is 4.08. The van der Waals surface area contributed by atoms with Gasteiger partial charge in [0, 0.05) is 16.5 Å². The van der Waals surface area contributed by atoms with Crippen molar-refractivity contribution in [2.45, 2.75) is 36.7 Å². The van der Waals surface area contributed by atoms with Crippen LogP contribution in [0, 0.1) is 0 Å². The van der Waals surface area contributed by atoms with Crippen LogP contribution in [0.1, 0.15) is 26.7 Å². The van der Waals surface area contributed by atoms with Crippen molar-refractivity contribution in [3.8, 4) is 0 Å². The number of rotatable bonds is 1. The first-order chi connectivity index (χ1) is 4.70. The van der Waals surface area contributed by atoms with E-state index < -0.39 is 0 Å². The molecule has 0 aliphatic carbocycles. The molecule has 0 aromatic carbocycles. The summed E-state index contributed by atoms with van der Waals surface area (Å²) in [4.78, 5) is 2.57. The van der Waals surface area contributed by atoms with Crippen LogP contribution in [0.4, 0.5) is 0 Å². The van der Waals surface area contributed by atoms with Crippen LogP contribution < -0.4 is 0 Å². The molecular weight excluding hydrogens is 237 g/mol. The van der Waals surface area contributed by atoms with E-state index >= 15 is 0 Å². The summed E-state index contributed by atoms with van der Waals surface area (Å²) in [7, 11) is 0. The van der Waals surface area contributed by atoms with Gasteiger partial charge in [-0.05, 0) is 33.2 Å². The van der Waals surface area contributed by atoms with Crippen molar-refractivity contribution in [2.24, 2.45) is 0 Å². The van der Waals surface area contributed by atoms with E-state index in [0.29, 0.717) is 0 Å². The van der Waals surface area contributed by atoms with Gasteiger partial charge < -0.3 is 0 Å². The Morgan fingerprint density at radius 1 is 1.50 bits per heavy atom. The van der Waals surface area contributed by atoms with E-state index in [-0.39, 0.29) is 0 Å². The normalized spacial score (nSPS) is 29.4. The van der Waals surface area contributed by atoms with E-state index in [0.717, 1.165) is 9.97 Å². The van der Waals surface area contributed by atoms with Gasteiger partial charge in [-0.1, -0.05) is 22.6 Å². The second-order valence-electron chi connectivity index (χ2n) is 3.33. The third-order valence-electron chi connectivity index (χ3n) is 2.13. The number of halogens is 1. The fraction of sp³-hybridized carbons (Fsp3) is 1.00. The smallest absolute Gasteiger partial charge is 0.0238 e. The maximum atomic E-state index is 2.57. The average Bonchev–Trinajstić information content (AvgIpc) is 1.88. The number of likely N-dealkylation sites (tertiary alicyclic amines) is 1. The molecule has 60 valence electrons. The second kappa shape index (κ2) is 3.90. The van der Waals surface area contributed by atoms with E-state index in [2.05, 4.69) is 41.3 Å². The molecule has 0 aromatic rings. The first-order valence-corrected chi connectivity index (χ1v) is 5.33. The summed E-state index contributed by atoms with van der Waals surface area (Å²) in [6, 6.07) is 0.748. The second-order valence-corrected chi connectivity index (χ2v) is 5.09. The van der Waals surface area contributed by atoms with Crippen molar-refractivity contribution in [1.29, 1.82) is 0 Å². The molecule has 1 nitrogen and oxygen atoms in total. The van der Waals surface area contributed by atoms with Gasteiger partial charge in [-0.25, -0.2) is 0 Å². The number of alkyl halides is 1. The van der Waals surface area contributed by atoms with Crippen LogP contribution in [0.2, 0.25) is 0 Å². The van der Waals surface area contributed by atoms with Crippen LogP contribution in [0.3, 0.4) is 0 Å². The molecule has 0 aromatic heterocycles. The molecule has 1 unspecified atom stereocenters. The predicted molar refractivity (Wildman–Crippen MR) is 53.8 cm³/mol. The Morgan fingerprint density at radius 2 is 2.20 bits per heavy atom. The molecule has 0 amide bonds. The van der Waals surface area contributed by atoms with E-state index in [4.69, 9.17) is 0 Å². The van der Waals surface area contributed by atoms with Crippen LogP contribution in [-0.4, -0.2) is 28.0 Å². The van der Waals surface area contributed by atoms with Crippen molar-refractivity contribution in [1.82, 2.24) is 4.90 Å². The van der Waals surface area contributed by atoms with E-state index in [1.165, 1.54) is 25.9 Å². The van der Waals surface area contributed by atoms with Crippen molar-refractivity contribution < 1.29 is 0 Å². The Bertz CT molecular complexity index is 103. The molecule has 1 saturated heterocycles. The van der Waals surface area contributed by atoms with E-state index in [1.807, 2.05) is 0 Å². The summed E-state index contributed by atoms with van der Waals surface area (Å²) in [6.07, 6.45) is 2.82. The molecule has 0 spiro atoms. The lowest BCUT2D eigenvalue weighted by molar-refractivity contribution is 0.193. The monoisotopic (exact) mass is 253 g/mol. The molecule has 1 aliphatic heterocycles. The number of hydrogen-bond donors (Lipinski definition) is 0. The third-order valence-corrected chi connectivity index (χ3v) is 3.14. The van der Waals surface area contributed by atoms with Crippen LogP contribution in [0.25, 0.3) is 0 Å². The third kappa shape index (κ3) is 2.38. The van der Waals surface area contributed by atoms with Crippen LogP contribution >= 0.6 is 22.6 Å². The standard InChI is InChI=1S/C8H16IN/c1-7(2)10-5-3-4-8(9)6-10/h7-8H,3-6H2,1-2H3. The number of hydrogen-bond acceptors (Lipinski definition) is 1. The summed E-state index contributed by atoms with van der Waals surface area (Å²) in [5, 5.41) is 0. The molecule has 1 atom stereocenters. The van der Waals surface area contributed by atoms with Gasteiger partial charge in [0.1, 0.15) is 0 Å². The summed E-state index contributed by atoms with van der Waals surface area (Å²) >= 11 is 2.56. The van der Waals surface area contributed by atoms with Gasteiger partial charge in [0.05, 0.1) is 0 Å². The molecule has 2 heteroatoms. The molecule has 1 heterocycles. The summed E-state index contributed by atoms with van der Waals surface area (Å²) < 4.78 is 0.897. The van der Waals surface area contributed by atoms with Crippen molar-refractivity contribution in [2.75, 3.05) is 13.1 Å². The molecule has 0 radical (unpaired) electrons. The Labute approximate surface area is 77.3 Å². The Hall–Kier alpha value is 0.690. The Morgan fingerprint density at radius 3 is 2.60 bits per heavy atom. The Balaban J connectivity index is 2.32. The summed E-state index contributed by atoms with van der Waals surface area (Å²) in [5.41, 5.74) is 0. The van der Waals surface area contributed by atoms with Crippen molar-refractivity contribution in [3.63, 3.8) is 0 Å². The van der Waals surface area contributed by atoms with Crippen molar-refractivity contribution in [3.05, 3.63) is 0 Å². The fourth-order valence-electron chi connectivity index (χ4n) is 1.42. The fourth-order valence-corrected chi connectivity index (χ4v) is 2.37. The van der Waals surface area contributed by atoms with Gasteiger partial charge >= 0.3 is 0 Å². The lowest BCUT2D eigenvalue weighted by atomic mass is 10.1. The number of nitrogens with zero attached hydrogens (tertiary/aromatic N) is 1. The molecule has 10 heavy (non-hydrogen) atoms. The highest BCUT2D eigenvalue weighted by atomic mass is 127. The lowest BCUT2D eigenvalue weighted by Gasteiger charge is -2.32. The molecule has 1 aliphatic rings.